The molecule has 0 aliphatic rings. The molecule has 2 heterocycles. The molecule has 0 saturated heterocycles. The molecule has 0 aliphatic carbocycles. The number of rotatable bonds is 4. The average molecular weight is 359 g/mol. The van der Waals surface area contributed by atoms with Crippen LogP contribution in [0.3, 0.4) is 0 Å². The van der Waals surface area contributed by atoms with Crippen LogP contribution in [0.5, 0.6) is 5.75 Å². The quantitative estimate of drug-likeness (QED) is 0.539. The molecule has 134 valence electrons. The Hall–Kier alpha value is -3.47. The molecule has 0 saturated carbocycles. The minimum atomic E-state index is -0.618. The van der Waals surface area contributed by atoms with Crippen LogP contribution < -0.4 is 5.32 Å². The van der Waals surface area contributed by atoms with Crippen molar-refractivity contribution in [3.63, 3.8) is 0 Å². The Bertz CT molecular complexity index is 1100. The second-order valence-electron chi connectivity index (χ2n) is 6.34. The number of fused-ring (bicyclic) bond motifs is 1. The number of hydrogen-bond donors (Lipinski definition) is 2. The van der Waals surface area contributed by atoms with Gasteiger partial charge in [0.2, 0.25) is 0 Å². The highest BCUT2D eigenvalue weighted by atomic mass is 19.1. The maximum Gasteiger partial charge on any atom is 0.147 e. The van der Waals surface area contributed by atoms with Crippen LogP contribution in [0.25, 0.3) is 10.9 Å². The van der Waals surface area contributed by atoms with Crippen LogP contribution in [0, 0.1) is 12.7 Å². The summed E-state index contributed by atoms with van der Waals surface area (Å²) in [5.74, 6) is 0.262. The molecule has 1 unspecified atom stereocenters. The van der Waals surface area contributed by atoms with Crippen molar-refractivity contribution in [1.82, 2.24) is 9.97 Å². The molecule has 27 heavy (non-hydrogen) atoms. The minimum Gasteiger partial charge on any atom is -0.505 e. The first-order chi connectivity index (χ1) is 13.1. The van der Waals surface area contributed by atoms with Gasteiger partial charge in [-0.2, -0.15) is 0 Å². The van der Waals surface area contributed by atoms with E-state index in [1.165, 1.54) is 6.07 Å². The molecule has 2 aromatic heterocycles. The molecule has 0 bridgehead atoms. The third kappa shape index (κ3) is 3.31. The van der Waals surface area contributed by atoms with E-state index in [4.69, 9.17) is 0 Å². The monoisotopic (exact) mass is 359 g/mol. The lowest BCUT2D eigenvalue weighted by atomic mass is 9.95. The van der Waals surface area contributed by atoms with E-state index in [9.17, 15) is 9.50 Å². The van der Waals surface area contributed by atoms with Gasteiger partial charge in [0.15, 0.2) is 0 Å². The van der Waals surface area contributed by atoms with Crippen LogP contribution in [0.1, 0.15) is 22.9 Å². The van der Waals surface area contributed by atoms with E-state index in [-0.39, 0.29) is 11.6 Å². The van der Waals surface area contributed by atoms with Gasteiger partial charge in [0.05, 0.1) is 6.04 Å². The highest BCUT2D eigenvalue weighted by Gasteiger charge is 2.22. The Morgan fingerprint density at radius 3 is 2.48 bits per heavy atom. The average Bonchev–Trinajstić information content (AvgIpc) is 2.69. The SMILES string of the molecule is Cc1ccc2ccc(C(Nc3ccccn3)c3ccccc3F)c(O)c2n1. The minimum absolute atomic E-state index is 0.0351. The van der Waals surface area contributed by atoms with Gasteiger partial charge in [-0.1, -0.05) is 42.5 Å². The normalized spacial score (nSPS) is 12.1. The van der Waals surface area contributed by atoms with Crippen LogP contribution in [0.2, 0.25) is 0 Å². The lowest BCUT2D eigenvalue weighted by Gasteiger charge is -2.22. The fraction of sp³-hybridized carbons (Fsp3) is 0.0909. The summed E-state index contributed by atoms with van der Waals surface area (Å²) in [4.78, 5) is 8.73. The molecule has 0 aliphatic heterocycles. The van der Waals surface area contributed by atoms with Gasteiger partial charge < -0.3 is 10.4 Å². The van der Waals surface area contributed by atoms with Crippen LogP contribution in [-0.2, 0) is 0 Å². The zero-order valence-corrected chi connectivity index (χ0v) is 14.7. The standard InChI is InChI=1S/C22H18FN3O/c1-14-9-10-15-11-12-17(22(27)20(15)25-14)21(16-6-2-3-7-18(16)23)26-19-8-4-5-13-24-19/h2-13,21,27H,1H3,(H,24,26). The number of phenols is 1. The molecule has 1 atom stereocenters. The van der Waals surface area contributed by atoms with Gasteiger partial charge >= 0.3 is 0 Å². The van der Waals surface area contributed by atoms with E-state index in [1.807, 2.05) is 37.3 Å². The summed E-state index contributed by atoms with van der Waals surface area (Å²) in [6.45, 7) is 1.87. The number of aryl methyl sites for hydroxylation is 1. The highest BCUT2D eigenvalue weighted by Crippen LogP contribution is 2.37. The van der Waals surface area contributed by atoms with Gasteiger partial charge in [-0.25, -0.2) is 14.4 Å². The predicted octanol–water partition coefficient (Wildman–Crippen LogP) is 4.98. The number of aromatic nitrogens is 2. The van der Waals surface area contributed by atoms with Gasteiger partial charge in [0.1, 0.15) is 22.9 Å². The summed E-state index contributed by atoms with van der Waals surface area (Å²) in [5.41, 5.74) is 2.26. The number of hydrogen-bond acceptors (Lipinski definition) is 4. The number of phenolic OH excluding ortho intramolecular Hbond substituents is 1. The van der Waals surface area contributed by atoms with Crippen LogP contribution in [0.15, 0.2) is 72.9 Å². The fourth-order valence-corrected chi connectivity index (χ4v) is 3.15. The summed E-state index contributed by atoms with van der Waals surface area (Å²) in [7, 11) is 0. The van der Waals surface area contributed by atoms with Crippen LogP contribution >= 0.6 is 0 Å². The molecule has 4 nitrogen and oxygen atoms in total. The number of halogens is 1. The van der Waals surface area contributed by atoms with Crippen LogP contribution in [-0.4, -0.2) is 15.1 Å². The van der Waals surface area contributed by atoms with E-state index in [1.54, 1.807) is 36.5 Å². The number of pyridine rings is 2. The van der Waals surface area contributed by atoms with E-state index in [2.05, 4.69) is 15.3 Å². The Kier molecular flexibility index (Phi) is 4.42. The van der Waals surface area contributed by atoms with Gasteiger partial charge in [0.25, 0.3) is 0 Å². The third-order valence-corrected chi connectivity index (χ3v) is 4.49. The van der Waals surface area contributed by atoms with Crippen LogP contribution in [0.4, 0.5) is 10.2 Å². The number of aromatic hydroxyl groups is 1. The van der Waals surface area contributed by atoms with Crippen molar-refractivity contribution in [3.8, 4) is 5.75 Å². The molecule has 0 fully saturated rings. The Morgan fingerprint density at radius 2 is 1.70 bits per heavy atom. The second kappa shape index (κ2) is 7.03. The summed E-state index contributed by atoms with van der Waals surface area (Å²) < 4.78 is 14.6. The maximum absolute atomic E-state index is 14.6. The van der Waals surface area contributed by atoms with E-state index < -0.39 is 6.04 Å². The number of nitrogens with one attached hydrogen (secondary N) is 1. The molecular weight excluding hydrogens is 341 g/mol. The molecule has 4 aromatic rings. The Labute approximate surface area is 156 Å². The maximum atomic E-state index is 14.6. The molecular formula is C22H18FN3O. The third-order valence-electron chi connectivity index (χ3n) is 4.49. The molecule has 4 rings (SSSR count). The van der Waals surface area contributed by atoms with Crippen molar-refractivity contribution in [2.24, 2.45) is 0 Å². The number of nitrogens with zero attached hydrogens (tertiary/aromatic N) is 2. The second-order valence-corrected chi connectivity index (χ2v) is 6.34. The lowest BCUT2D eigenvalue weighted by molar-refractivity contribution is 0.470. The topological polar surface area (TPSA) is 58.0 Å². The van der Waals surface area contributed by atoms with Gasteiger partial charge in [-0.05, 0) is 31.2 Å². The van der Waals surface area contributed by atoms with E-state index >= 15 is 0 Å². The number of anilines is 1. The summed E-state index contributed by atoms with van der Waals surface area (Å²) in [6.07, 6.45) is 1.66. The molecule has 0 radical (unpaired) electrons. The van der Waals surface area contributed by atoms with Crippen molar-refractivity contribution < 1.29 is 9.50 Å². The molecule has 0 spiro atoms. The first kappa shape index (κ1) is 17.0. The van der Waals surface area contributed by atoms with E-state index in [0.717, 1.165) is 11.1 Å². The largest absolute Gasteiger partial charge is 0.505 e. The molecule has 2 aromatic carbocycles. The predicted molar refractivity (Wildman–Crippen MR) is 104 cm³/mol. The lowest BCUT2D eigenvalue weighted by Crippen LogP contribution is -2.15. The number of benzene rings is 2. The van der Waals surface area contributed by atoms with Crippen molar-refractivity contribution in [2.75, 3.05) is 5.32 Å². The summed E-state index contributed by atoms with van der Waals surface area (Å²) in [6, 6.07) is 18.8. The zero-order valence-electron chi connectivity index (χ0n) is 14.7. The van der Waals surface area contributed by atoms with Crippen molar-refractivity contribution in [3.05, 3.63) is 95.6 Å². The first-order valence-corrected chi connectivity index (χ1v) is 8.65. The smallest absolute Gasteiger partial charge is 0.147 e. The fourth-order valence-electron chi connectivity index (χ4n) is 3.15. The molecule has 5 heteroatoms. The highest BCUT2D eigenvalue weighted by molar-refractivity contribution is 5.86. The molecule has 0 amide bonds. The Morgan fingerprint density at radius 1 is 0.926 bits per heavy atom. The zero-order chi connectivity index (χ0) is 18.8. The summed E-state index contributed by atoms with van der Waals surface area (Å²) in [5, 5.41) is 15.0. The summed E-state index contributed by atoms with van der Waals surface area (Å²) >= 11 is 0. The van der Waals surface area contributed by atoms with Crippen molar-refractivity contribution in [1.29, 1.82) is 0 Å². The first-order valence-electron chi connectivity index (χ1n) is 8.65. The van der Waals surface area contributed by atoms with Gasteiger partial charge in [-0.15, -0.1) is 0 Å². The van der Waals surface area contributed by atoms with Crippen molar-refractivity contribution in [2.45, 2.75) is 13.0 Å². The Balaban J connectivity index is 1.89. The van der Waals surface area contributed by atoms with Gasteiger partial charge in [0, 0.05) is 28.4 Å². The molecule has 2 N–H and O–H groups in total. The van der Waals surface area contributed by atoms with Gasteiger partial charge in [-0.3, -0.25) is 0 Å². The van der Waals surface area contributed by atoms with E-state index in [0.29, 0.717) is 22.5 Å². The van der Waals surface area contributed by atoms with Crippen molar-refractivity contribution >= 4 is 16.7 Å².